The molecular weight excluding hydrogens is 232 g/mol. The van der Waals surface area contributed by atoms with E-state index >= 15 is 0 Å². The van der Waals surface area contributed by atoms with Gasteiger partial charge in [-0.25, -0.2) is 0 Å². The molecule has 0 radical (unpaired) electrons. The number of hydrogen-bond donors (Lipinski definition) is 1. The molecule has 0 aromatic carbocycles. The largest absolute Gasteiger partial charge is 0.342 e. The molecule has 1 heterocycles. The van der Waals surface area contributed by atoms with Gasteiger partial charge in [0.2, 0.25) is 5.91 Å². The van der Waals surface area contributed by atoms with Crippen molar-refractivity contribution in [1.29, 1.82) is 0 Å². The fourth-order valence-electron chi connectivity index (χ4n) is 1.62. The number of nitrogens with zero attached hydrogens (tertiary/aromatic N) is 1. The molecule has 1 fully saturated rings. The second-order valence-electron chi connectivity index (χ2n) is 3.56. The number of hydrogen-bond acceptors (Lipinski definition) is 2. The third-order valence-corrected chi connectivity index (χ3v) is 3.31. The highest BCUT2D eigenvalue weighted by molar-refractivity contribution is 9.09. The molecule has 0 aromatic heterocycles. The SMILES string of the molecule is NCCCCN1CC(CBr)CC1=O. The summed E-state index contributed by atoms with van der Waals surface area (Å²) in [5.74, 6) is 0.826. The summed E-state index contributed by atoms with van der Waals surface area (Å²) >= 11 is 3.41. The summed E-state index contributed by atoms with van der Waals surface area (Å²) in [6.45, 7) is 2.54. The minimum atomic E-state index is 0.307. The number of carbonyl (C=O) groups excluding carboxylic acids is 1. The molecule has 1 saturated heterocycles. The minimum Gasteiger partial charge on any atom is -0.342 e. The molecule has 0 spiro atoms. The minimum absolute atomic E-state index is 0.307. The van der Waals surface area contributed by atoms with Crippen molar-refractivity contribution in [3.63, 3.8) is 0 Å². The van der Waals surface area contributed by atoms with Gasteiger partial charge in [-0.05, 0) is 25.3 Å². The zero-order valence-corrected chi connectivity index (χ0v) is 9.42. The number of rotatable bonds is 5. The lowest BCUT2D eigenvalue weighted by Gasteiger charge is -2.15. The van der Waals surface area contributed by atoms with Crippen LogP contribution < -0.4 is 5.73 Å². The van der Waals surface area contributed by atoms with Crippen molar-refractivity contribution in [2.75, 3.05) is 25.0 Å². The van der Waals surface area contributed by atoms with Crippen molar-refractivity contribution in [3.05, 3.63) is 0 Å². The lowest BCUT2D eigenvalue weighted by molar-refractivity contribution is -0.127. The van der Waals surface area contributed by atoms with E-state index in [-0.39, 0.29) is 0 Å². The van der Waals surface area contributed by atoms with Gasteiger partial charge in [0, 0.05) is 24.8 Å². The monoisotopic (exact) mass is 248 g/mol. The molecule has 13 heavy (non-hydrogen) atoms. The Kier molecular flexibility index (Phi) is 4.73. The van der Waals surface area contributed by atoms with E-state index < -0.39 is 0 Å². The number of likely N-dealkylation sites (tertiary alicyclic amines) is 1. The van der Waals surface area contributed by atoms with Gasteiger partial charge in [-0.1, -0.05) is 15.9 Å². The van der Waals surface area contributed by atoms with Gasteiger partial charge in [0.05, 0.1) is 0 Å². The summed E-state index contributed by atoms with van der Waals surface area (Å²) in [4.78, 5) is 13.4. The molecule has 1 atom stereocenters. The van der Waals surface area contributed by atoms with Gasteiger partial charge < -0.3 is 10.6 Å². The van der Waals surface area contributed by atoms with E-state index in [0.717, 1.165) is 37.8 Å². The normalized spacial score (nSPS) is 22.8. The highest BCUT2D eigenvalue weighted by Crippen LogP contribution is 2.19. The predicted molar refractivity (Wildman–Crippen MR) is 56.8 cm³/mol. The lowest BCUT2D eigenvalue weighted by Crippen LogP contribution is -2.26. The average molecular weight is 249 g/mol. The van der Waals surface area contributed by atoms with Crippen molar-refractivity contribution in [1.82, 2.24) is 4.90 Å². The van der Waals surface area contributed by atoms with Crippen LogP contribution in [0.15, 0.2) is 0 Å². The summed E-state index contributed by atoms with van der Waals surface area (Å²) in [6, 6.07) is 0. The fourth-order valence-corrected chi connectivity index (χ4v) is 2.05. The van der Waals surface area contributed by atoms with Gasteiger partial charge in [0.1, 0.15) is 0 Å². The molecule has 4 heteroatoms. The number of alkyl halides is 1. The maximum Gasteiger partial charge on any atom is 0.222 e. The van der Waals surface area contributed by atoms with Crippen LogP contribution in [-0.4, -0.2) is 35.8 Å². The molecule has 0 saturated carbocycles. The molecule has 1 unspecified atom stereocenters. The van der Waals surface area contributed by atoms with Gasteiger partial charge in [-0.2, -0.15) is 0 Å². The molecule has 0 bridgehead atoms. The van der Waals surface area contributed by atoms with Crippen LogP contribution in [0, 0.1) is 5.92 Å². The molecular formula is C9H17BrN2O. The van der Waals surface area contributed by atoms with Crippen LogP contribution in [0.25, 0.3) is 0 Å². The molecule has 3 nitrogen and oxygen atoms in total. The average Bonchev–Trinajstić information content (AvgIpc) is 2.48. The Balaban J connectivity index is 2.23. The van der Waals surface area contributed by atoms with Crippen LogP contribution in [0.2, 0.25) is 0 Å². The summed E-state index contributed by atoms with van der Waals surface area (Å²) in [5, 5.41) is 0.937. The first-order chi connectivity index (χ1) is 6.27. The standard InChI is InChI=1S/C9H17BrN2O/c10-6-8-5-9(13)12(7-8)4-2-1-3-11/h8H,1-7,11H2. The van der Waals surface area contributed by atoms with Crippen molar-refractivity contribution >= 4 is 21.8 Å². The van der Waals surface area contributed by atoms with E-state index in [2.05, 4.69) is 15.9 Å². The van der Waals surface area contributed by atoms with E-state index in [9.17, 15) is 4.79 Å². The van der Waals surface area contributed by atoms with E-state index in [0.29, 0.717) is 18.2 Å². The topological polar surface area (TPSA) is 46.3 Å². The van der Waals surface area contributed by atoms with E-state index in [1.807, 2.05) is 4.90 Å². The molecule has 1 aliphatic rings. The highest BCUT2D eigenvalue weighted by atomic mass is 79.9. The Labute approximate surface area is 87.8 Å². The number of amides is 1. The van der Waals surface area contributed by atoms with Crippen LogP contribution in [0.4, 0.5) is 0 Å². The summed E-state index contributed by atoms with van der Waals surface area (Å²) in [6.07, 6.45) is 2.77. The molecule has 1 aliphatic heterocycles. The Morgan fingerprint density at radius 2 is 2.31 bits per heavy atom. The summed E-state index contributed by atoms with van der Waals surface area (Å²) in [7, 11) is 0. The van der Waals surface area contributed by atoms with Crippen LogP contribution in [0.3, 0.4) is 0 Å². The molecule has 76 valence electrons. The molecule has 0 aliphatic carbocycles. The van der Waals surface area contributed by atoms with Crippen molar-refractivity contribution < 1.29 is 4.79 Å². The zero-order valence-electron chi connectivity index (χ0n) is 7.84. The first kappa shape index (κ1) is 11.0. The number of halogens is 1. The molecule has 1 rings (SSSR count). The zero-order chi connectivity index (χ0) is 9.68. The van der Waals surface area contributed by atoms with Crippen LogP contribution in [0.1, 0.15) is 19.3 Å². The van der Waals surface area contributed by atoms with Crippen LogP contribution in [-0.2, 0) is 4.79 Å². The van der Waals surface area contributed by atoms with Gasteiger partial charge in [-0.15, -0.1) is 0 Å². The molecule has 2 N–H and O–H groups in total. The number of carbonyl (C=O) groups is 1. The van der Waals surface area contributed by atoms with Crippen molar-refractivity contribution in [3.8, 4) is 0 Å². The fraction of sp³-hybridized carbons (Fsp3) is 0.889. The Bertz CT molecular complexity index is 175. The maximum atomic E-state index is 11.4. The van der Waals surface area contributed by atoms with Gasteiger partial charge >= 0.3 is 0 Å². The Morgan fingerprint density at radius 3 is 2.85 bits per heavy atom. The smallest absolute Gasteiger partial charge is 0.222 e. The van der Waals surface area contributed by atoms with Crippen molar-refractivity contribution in [2.45, 2.75) is 19.3 Å². The first-order valence-electron chi connectivity index (χ1n) is 4.81. The van der Waals surface area contributed by atoms with Gasteiger partial charge in [0.15, 0.2) is 0 Å². The van der Waals surface area contributed by atoms with E-state index in [1.165, 1.54) is 0 Å². The van der Waals surface area contributed by atoms with E-state index in [1.54, 1.807) is 0 Å². The van der Waals surface area contributed by atoms with E-state index in [4.69, 9.17) is 5.73 Å². The molecule has 1 amide bonds. The van der Waals surface area contributed by atoms with Crippen LogP contribution in [0.5, 0.6) is 0 Å². The Hall–Kier alpha value is -0.0900. The first-order valence-corrected chi connectivity index (χ1v) is 5.94. The third kappa shape index (κ3) is 3.27. The summed E-state index contributed by atoms with van der Waals surface area (Å²) in [5.41, 5.74) is 5.39. The molecule has 0 aromatic rings. The maximum absolute atomic E-state index is 11.4. The predicted octanol–water partition coefficient (Wildman–Crippen LogP) is 0.969. The number of unbranched alkanes of at least 4 members (excludes halogenated alkanes) is 1. The van der Waals surface area contributed by atoms with Crippen molar-refractivity contribution in [2.24, 2.45) is 11.7 Å². The second kappa shape index (κ2) is 5.60. The second-order valence-corrected chi connectivity index (χ2v) is 4.21. The Morgan fingerprint density at radius 1 is 1.54 bits per heavy atom. The third-order valence-electron chi connectivity index (χ3n) is 2.39. The number of nitrogens with two attached hydrogens (primary N) is 1. The van der Waals surface area contributed by atoms with Gasteiger partial charge in [-0.3, -0.25) is 4.79 Å². The lowest BCUT2D eigenvalue weighted by atomic mass is 10.2. The quantitative estimate of drug-likeness (QED) is 0.583. The van der Waals surface area contributed by atoms with Crippen LogP contribution >= 0.6 is 15.9 Å². The summed E-state index contributed by atoms with van der Waals surface area (Å²) < 4.78 is 0. The van der Waals surface area contributed by atoms with Gasteiger partial charge in [0.25, 0.3) is 0 Å². The highest BCUT2D eigenvalue weighted by Gasteiger charge is 2.27.